The third kappa shape index (κ3) is 5.81. The molecule has 2 aliphatic rings. The SMILES string of the molecule is CSCCN(CC(=O)O)C(=O)[C@H]1CCCC[C@H]1NC(=O)OCC1c2ccccc2-c2ccccc21. The summed E-state index contributed by atoms with van der Waals surface area (Å²) in [6.07, 6.45) is 4.47. The number of carbonyl (C=O) groups excluding carboxylic acids is 2. The minimum Gasteiger partial charge on any atom is -0.480 e. The van der Waals surface area contributed by atoms with Crippen LogP contribution in [0.5, 0.6) is 0 Å². The number of rotatable bonds is 9. The van der Waals surface area contributed by atoms with Crippen LogP contribution in [-0.4, -0.2) is 65.7 Å². The molecule has 2 amide bonds. The van der Waals surface area contributed by atoms with Crippen LogP contribution < -0.4 is 5.32 Å². The fourth-order valence-corrected chi connectivity index (χ4v) is 5.66. The quantitative estimate of drug-likeness (QED) is 0.536. The third-order valence-electron chi connectivity index (χ3n) is 6.93. The van der Waals surface area contributed by atoms with Gasteiger partial charge in [-0.05, 0) is 41.4 Å². The highest BCUT2D eigenvalue weighted by molar-refractivity contribution is 7.98. The molecule has 1 saturated carbocycles. The monoisotopic (exact) mass is 496 g/mol. The highest BCUT2D eigenvalue weighted by Gasteiger charge is 2.36. The van der Waals surface area contributed by atoms with E-state index in [2.05, 4.69) is 29.6 Å². The second kappa shape index (κ2) is 11.6. The zero-order valence-electron chi connectivity index (χ0n) is 19.9. The highest BCUT2D eigenvalue weighted by atomic mass is 32.2. The summed E-state index contributed by atoms with van der Waals surface area (Å²) in [6.45, 7) is 0.262. The van der Waals surface area contributed by atoms with Gasteiger partial charge < -0.3 is 20.1 Å². The average Bonchev–Trinajstić information content (AvgIpc) is 3.19. The first-order valence-electron chi connectivity index (χ1n) is 12.1. The average molecular weight is 497 g/mol. The van der Waals surface area contributed by atoms with Crippen molar-refractivity contribution < 1.29 is 24.2 Å². The van der Waals surface area contributed by atoms with Crippen molar-refractivity contribution >= 4 is 29.7 Å². The number of carboxylic acid groups (broad SMARTS) is 1. The number of amides is 2. The van der Waals surface area contributed by atoms with E-state index in [9.17, 15) is 19.5 Å². The van der Waals surface area contributed by atoms with E-state index in [0.717, 1.165) is 24.0 Å². The number of fused-ring (bicyclic) bond motifs is 3. The van der Waals surface area contributed by atoms with Crippen LogP contribution in [0.2, 0.25) is 0 Å². The second-order valence-electron chi connectivity index (χ2n) is 9.11. The van der Waals surface area contributed by atoms with Crippen molar-refractivity contribution in [2.24, 2.45) is 5.92 Å². The number of carbonyl (C=O) groups is 3. The number of nitrogens with zero attached hydrogens (tertiary/aromatic N) is 1. The van der Waals surface area contributed by atoms with Crippen LogP contribution in [-0.2, 0) is 14.3 Å². The van der Waals surface area contributed by atoms with Crippen LogP contribution in [0.4, 0.5) is 4.79 Å². The summed E-state index contributed by atoms with van der Waals surface area (Å²) in [4.78, 5) is 38.8. The van der Waals surface area contributed by atoms with Gasteiger partial charge in [-0.2, -0.15) is 11.8 Å². The molecular formula is C27H32N2O5S. The van der Waals surface area contributed by atoms with E-state index < -0.39 is 18.0 Å². The number of benzene rings is 2. The summed E-state index contributed by atoms with van der Waals surface area (Å²) >= 11 is 1.56. The van der Waals surface area contributed by atoms with Gasteiger partial charge in [0.25, 0.3) is 0 Å². The van der Waals surface area contributed by atoms with Crippen LogP contribution in [0.25, 0.3) is 11.1 Å². The van der Waals surface area contributed by atoms with Gasteiger partial charge >= 0.3 is 12.1 Å². The summed E-state index contributed by atoms with van der Waals surface area (Å²) in [5.41, 5.74) is 4.62. The van der Waals surface area contributed by atoms with Crippen LogP contribution in [0, 0.1) is 5.92 Å². The topological polar surface area (TPSA) is 95.9 Å². The zero-order chi connectivity index (χ0) is 24.8. The first-order chi connectivity index (χ1) is 17.0. The molecule has 0 unspecified atom stereocenters. The maximum Gasteiger partial charge on any atom is 0.407 e. The Kier molecular flexibility index (Phi) is 8.33. The van der Waals surface area contributed by atoms with Crippen molar-refractivity contribution in [2.75, 3.05) is 31.7 Å². The van der Waals surface area contributed by atoms with E-state index in [1.165, 1.54) is 16.0 Å². The van der Waals surface area contributed by atoms with Crippen molar-refractivity contribution in [1.82, 2.24) is 10.2 Å². The molecule has 2 aromatic rings. The Balaban J connectivity index is 1.40. The number of hydrogen-bond donors (Lipinski definition) is 2. The van der Waals surface area contributed by atoms with Gasteiger partial charge in [0.2, 0.25) is 5.91 Å². The van der Waals surface area contributed by atoms with Crippen molar-refractivity contribution in [1.29, 1.82) is 0 Å². The van der Waals surface area contributed by atoms with Gasteiger partial charge in [0.05, 0.1) is 5.92 Å². The summed E-state index contributed by atoms with van der Waals surface area (Å²) in [5.74, 6) is -1.04. The molecule has 2 atom stereocenters. The molecule has 7 nitrogen and oxygen atoms in total. The Hall–Kier alpha value is -3.00. The molecule has 2 aliphatic carbocycles. The van der Waals surface area contributed by atoms with Crippen LogP contribution in [0.1, 0.15) is 42.7 Å². The van der Waals surface area contributed by atoms with E-state index >= 15 is 0 Å². The lowest BCUT2D eigenvalue weighted by Gasteiger charge is -2.34. The number of alkyl carbamates (subject to hydrolysis) is 1. The Bertz CT molecular complexity index is 1030. The molecule has 0 spiro atoms. The minimum absolute atomic E-state index is 0.0328. The molecule has 0 bridgehead atoms. The fraction of sp³-hybridized carbons (Fsp3) is 0.444. The van der Waals surface area contributed by atoms with Crippen molar-refractivity contribution in [3.63, 3.8) is 0 Å². The Morgan fingerprint density at radius 2 is 1.66 bits per heavy atom. The summed E-state index contributed by atoms with van der Waals surface area (Å²) < 4.78 is 5.69. The fourth-order valence-electron chi connectivity index (χ4n) is 5.26. The molecule has 0 heterocycles. The molecular weight excluding hydrogens is 464 g/mol. The van der Waals surface area contributed by atoms with E-state index in [4.69, 9.17) is 4.74 Å². The molecule has 0 aliphatic heterocycles. The van der Waals surface area contributed by atoms with Gasteiger partial charge in [0.1, 0.15) is 13.2 Å². The van der Waals surface area contributed by atoms with Gasteiger partial charge in [-0.3, -0.25) is 9.59 Å². The number of nitrogens with one attached hydrogen (secondary N) is 1. The zero-order valence-corrected chi connectivity index (χ0v) is 20.8. The van der Waals surface area contributed by atoms with Crippen LogP contribution >= 0.6 is 11.8 Å². The van der Waals surface area contributed by atoms with Crippen molar-refractivity contribution in [3.05, 3.63) is 59.7 Å². The molecule has 186 valence electrons. The second-order valence-corrected chi connectivity index (χ2v) is 10.1. The lowest BCUT2D eigenvalue weighted by Crippen LogP contribution is -2.51. The summed E-state index contributed by atoms with van der Waals surface area (Å²) in [6, 6.07) is 16.0. The van der Waals surface area contributed by atoms with Crippen LogP contribution in [0.15, 0.2) is 48.5 Å². The summed E-state index contributed by atoms with van der Waals surface area (Å²) in [5, 5.41) is 12.2. The van der Waals surface area contributed by atoms with E-state index in [-0.39, 0.29) is 31.0 Å². The van der Waals surface area contributed by atoms with Crippen molar-refractivity contribution in [3.8, 4) is 11.1 Å². The molecule has 1 fully saturated rings. The number of ether oxygens (including phenoxy) is 1. The predicted octanol–water partition coefficient (Wildman–Crippen LogP) is 4.36. The largest absolute Gasteiger partial charge is 0.480 e. The van der Waals surface area contributed by atoms with Gasteiger partial charge in [-0.1, -0.05) is 61.4 Å². The van der Waals surface area contributed by atoms with E-state index in [1.54, 1.807) is 11.8 Å². The summed E-state index contributed by atoms with van der Waals surface area (Å²) in [7, 11) is 0. The normalized spacial score (nSPS) is 18.9. The Labute approximate surface area is 210 Å². The molecule has 2 N–H and O–H groups in total. The number of aliphatic carboxylic acids is 1. The smallest absolute Gasteiger partial charge is 0.407 e. The highest BCUT2D eigenvalue weighted by Crippen LogP contribution is 2.44. The molecule has 0 aromatic heterocycles. The minimum atomic E-state index is -1.03. The van der Waals surface area contributed by atoms with Crippen LogP contribution in [0.3, 0.4) is 0 Å². The van der Waals surface area contributed by atoms with E-state index in [0.29, 0.717) is 25.1 Å². The lowest BCUT2D eigenvalue weighted by atomic mass is 9.83. The number of carboxylic acids is 1. The molecule has 35 heavy (non-hydrogen) atoms. The first kappa shape index (κ1) is 25.1. The van der Waals surface area contributed by atoms with Gasteiger partial charge in [0.15, 0.2) is 0 Å². The molecule has 4 rings (SSSR count). The van der Waals surface area contributed by atoms with Crippen molar-refractivity contribution in [2.45, 2.75) is 37.6 Å². The molecule has 8 heteroatoms. The van der Waals surface area contributed by atoms with Gasteiger partial charge in [-0.25, -0.2) is 4.79 Å². The Morgan fingerprint density at radius 1 is 1.03 bits per heavy atom. The lowest BCUT2D eigenvalue weighted by molar-refractivity contribution is -0.147. The third-order valence-corrected chi connectivity index (χ3v) is 7.52. The standard InChI is InChI=1S/C27H32N2O5S/c1-35-15-14-29(16-25(30)31)26(32)22-12-6-7-13-24(22)28-27(33)34-17-23-20-10-4-2-8-18(20)19-9-3-5-11-21(19)23/h2-5,8-11,22-24H,6-7,12-17H2,1H3,(H,28,33)(H,30,31)/t22-,24+/m0/s1. The number of thioether (sulfide) groups is 1. The maximum absolute atomic E-state index is 13.2. The van der Waals surface area contributed by atoms with E-state index in [1.807, 2.05) is 30.5 Å². The molecule has 0 radical (unpaired) electrons. The maximum atomic E-state index is 13.2. The van der Waals surface area contributed by atoms with Gasteiger partial charge in [0, 0.05) is 24.3 Å². The first-order valence-corrected chi connectivity index (χ1v) is 13.5. The number of hydrogen-bond acceptors (Lipinski definition) is 5. The molecule has 2 aromatic carbocycles. The van der Waals surface area contributed by atoms with Gasteiger partial charge in [-0.15, -0.1) is 0 Å². The predicted molar refractivity (Wildman–Crippen MR) is 137 cm³/mol. The molecule has 0 saturated heterocycles. The Morgan fingerprint density at radius 3 is 2.29 bits per heavy atom.